The van der Waals surface area contributed by atoms with Crippen LogP contribution < -0.4 is 10.2 Å². The summed E-state index contributed by atoms with van der Waals surface area (Å²) in [4.78, 5) is 29.0. The third-order valence-electron chi connectivity index (χ3n) is 7.93. The number of carbonyl (C=O) groups excluding carboxylic acids is 1. The molecule has 1 aliphatic rings. The van der Waals surface area contributed by atoms with Crippen molar-refractivity contribution in [2.45, 2.75) is 32.6 Å². The zero-order valence-corrected chi connectivity index (χ0v) is 25.6. The summed E-state index contributed by atoms with van der Waals surface area (Å²) in [6, 6.07) is 21.2. The summed E-state index contributed by atoms with van der Waals surface area (Å²) < 4.78 is 7.15. The van der Waals surface area contributed by atoms with Crippen molar-refractivity contribution in [3.05, 3.63) is 94.2 Å². The minimum absolute atomic E-state index is 0.0980. The number of anilines is 1. The van der Waals surface area contributed by atoms with Gasteiger partial charge in [-0.2, -0.15) is 5.26 Å². The average molecular weight is 636 g/mol. The Hall–Kier alpha value is -4.55. The summed E-state index contributed by atoms with van der Waals surface area (Å²) in [5, 5.41) is 12.5. The lowest BCUT2D eigenvalue weighted by atomic mass is 9.97. The van der Waals surface area contributed by atoms with Gasteiger partial charge in [-0.25, -0.2) is 15.0 Å². The number of piperidine rings is 1. The van der Waals surface area contributed by atoms with Crippen LogP contribution in [0.4, 0.5) is 5.95 Å². The SMILES string of the molecule is CC(C)c1cc(C#N)cc2nc(-c3ccc(C(=O)NCC4CCN(c5ncc(-c6ccc(Br)cc6)cn5)CC4)cc3)oc12. The molecule has 43 heavy (non-hydrogen) atoms. The molecular formula is C34H31BrN6O2. The number of nitriles is 1. The molecule has 0 atom stereocenters. The number of benzene rings is 3. The van der Waals surface area contributed by atoms with Crippen LogP contribution in [0.1, 0.15) is 54.1 Å². The van der Waals surface area contributed by atoms with Gasteiger partial charge in [0.2, 0.25) is 11.8 Å². The lowest BCUT2D eigenvalue weighted by Crippen LogP contribution is -2.39. The van der Waals surface area contributed by atoms with Crippen molar-refractivity contribution < 1.29 is 9.21 Å². The normalized spacial score (nSPS) is 13.8. The standard InChI is InChI=1S/C34H31BrN6O2/c1-21(2)29-15-23(17-36)16-30-31(29)43-33(40-30)26-5-3-25(4-6-26)32(42)37-18-22-11-13-41(14-12-22)34-38-19-27(20-39-34)24-7-9-28(35)10-8-24/h3-10,15-16,19-22H,11-14,18H2,1-2H3,(H,37,42). The maximum Gasteiger partial charge on any atom is 0.251 e. The van der Waals surface area contributed by atoms with E-state index in [0.29, 0.717) is 40.6 Å². The number of fused-ring (bicyclic) bond motifs is 1. The summed E-state index contributed by atoms with van der Waals surface area (Å²) in [7, 11) is 0. The number of rotatable bonds is 7. The molecule has 8 nitrogen and oxygen atoms in total. The molecule has 0 spiro atoms. The molecule has 0 saturated carbocycles. The Balaban J connectivity index is 1.02. The smallest absolute Gasteiger partial charge is 0.251 e. The van der Waals surface area contributed by atoms with Crippen molar-refractivity contribution in [2.24, 2.45) is 5.92 Å². The molecule has 9 heteroatoms. The Kier molecular flexibility index (Phi) is 8.21. The van der Waals surface area contributed by atoms with Crippen molar-refractivity contribution in [3.8, 4) is 28.7 Å². The quantitative estimate of drug-likeness (QED) is 0.199. The number of amides is 1. The molecule has 3 aromatic carbocycles. The van der Waals surface area contributed by atoms with E-state index < -0.39 is 0 Å². The van der Waals surface area contributed by atoms with Gasteiger partial charge in [0.25, 0.3) is 5.91 Å². The summed E-state index contributed by atoms with van der Waals surface area (Å²) in [5.41, 5.74) is 6.32. The van der Waals surface area contributed by atoms with E-state index in [2.05, 4.69) is 61.0 Å². The highest BCUT2D eigenvalue weighted by Gasteiger charge is 2.22. The fourth-order valence-electron chi connectivity index (χ4n) is 5.39. The van der Waals surface area contributed by atoms with Crippen LogP contribution >= 0.6 is 15.9 Å². The van der Waals surface area contributed by atoms with Crippen molar-refractivity contribution in [2.75, 3.05) is 24.5 Å². The first-order chi connectivity index (χ1) is 20.9. The summed E-state index contributed by atoms with van der Waals surface area (Å²) in [6.45, 7) is 6.46. The first-order valence-corrected chi connectivity index (χ1v) is 15.2. The second kappa shape index (κ2) is 12.4. The lowest BCUT2D eigenvalue weighted by Gasteiger charge is -2.32. The van der Waals surface area contributed by atoms with Crippen LogP contribution in [-0.2, 0) is 0 Å². The highest BCUT2D eigenvalue weighted by atomic mass is 79.9. The van der Waals surface area contributed by atoms with E-state index in [1.165, 1.54) is 0 Å². The van der Waals surface area contributed by atoms with Crippen molar-refractivity contribution in [3.63, 3.8) is 0 Å². The first kappa shape index (κ1) is 28.6. The number of nitrogens with one attached hydrogen (secondary N) is 1. The summed E-state index contributed by atoms with van der Waals surface area (Å²) >= 11 is 3.47. The minimum atomic E-state index is -0.0980. The van der Waals surface area contributed by atoms with Gasteiger partial charge in [-0.05, 0) is 78.8 Å². The van der Waals surface area contributed by atoms with Crippen LogP contribution in [0.3, 0.4) is 0 Å². The van der Waals surface area contributed by atoms with Gasteiger partial charge < -0.3 is 14.6 Å². The van der Waals surface area contributed by atoms with E-state index in [1.807, 2.05) is 54.9 Å². The third-order valence-corrected chi connectivity index (χ3v) is 8.46. The number of aromatic nitrogens is 3. The van der Waals surface area contributed by atoms with Gasteiger partial charge in [0.1, 0.15) is 5.52 Å². The monoisotopic (exact) mass is 634 g/mol. The molecule has 0 bridgehead atoms. The maximum absolute atomic E-state index is 12.9. The number of oxazole rings is 1. The van der Waals surface area contributed by atoms with Gasteiger partial charge in [0.05, 0.1) is 11.6 Å². The third kappa shape index (κ3) is 6.30. The number of nitrogens with zero attached hydrogens (tertiary/aromatic N) is 5. The molecule has 5 aromatic rings. The highest BCUT2D eigenvalue weighted by Crippen LogP contribution is 2.31. The lowest BCUT2D eigenvalue weighted by molar-refractivity contribution is 0.0945. The van der Waals surface area contributed by atoms with Gasteiger partial charge in [0.15, 0.2) is 5.58 Å². The van der Waals surface area contributed by atoms with Crippen LogP contribution in [0, 0.1) is 17.2 Å². The number of halogens is 1. The van der Waals surface area contributed by atoms with Crippen molar-refractivity contribution >= 4 is 38.9 Å². The average Bonchev–Trinajstić information content (AvgIpc) is 3.48. The molecule has 2 aromatic heterocycles. The van der Waals surface area contributed by atoms with E-state index in [4.69, 9.17) is 4.42 Å². The number of hydrogen-bond acceptors (Lipinski definition) is 7. The minimum Gasteiger partial charge on any atom is -0.436 e. The molecule has 1 saturated heterocycles. The van der Waals surface area contributed by atoms with Crippen molar-refractivity contribution in [1.82, 2.24) is 20.3 Å². The molecule has 0 unspecified atom stereocenters. The Bertz CT molecular complexity index is 1780. The van der Waals surface area contributed by atoms with Crippen LogP contribution in [0.2, 0.25) is 0 Å². The van der Waals surface area contributed by atoms with Gasteiger partial charge in [0, 0.05) is 58.8 Å². The highest BCUT2D eigenvalue weighted by molar-refractivity contribution is 9.10. The molecule has 6 rings (SSSR count). The van der Waals surface area contributed by atoms with E-state index >= 15 is 0 Å². The first-order valence-electron chi connectivity index (χ1n) is 14.4. The topological polar surface area (TPSA) is 108 Å². The Morgan fingerprint density at radius 2 is 1.70 bits per heavy atom. The fraction of sp³-hybridized carbons (Fsp3) is 0.265. The number of hydrogen-bond donors (Lipinski definition) is 1. The van der Waals surface area contributed by atoms with E-state index in [-0.39, 0.29) is 11.8 Å². The molecular weight excluding hydrogens is 604 g/mol. The number of carbonyl (C=O) groups is 1. The predicted octanol–water partition coefficient (Wildman–Crippen LogP) is 7.36. The Morgan fingerprint density at radius 3 is 2.35 bits per heavy atom. The second-order valence-electron chi connectivity index (χ2n) is 11.2. The van der Waals surface area contributed by atoms with Gasteiger partial charge in [-0.15, -0.1) is 0 Å². The summed E-state index contributed by atoms with van der Waals surface area (Å²) in [6.07, 6.45) is 5.67. The zero-order chi connectivity index (χ0) is 29.9. The molecule has 1 N–H and O–H groups in total. The van der Waals surface area contributed by atoms with E-state index in [9.17, 15) is 10.1 Å². The maximum atomic E-state index is 12.9. The van der Waals surface area contributed by atoms with Crippen LogP contribution in [0.5, 0.6) is 0 Å². The largest absolute Gasteiger partial charge is 0.436 e. The molecule has 216 valence electrons. The van der Waals surface area contributed by atoms with Crippen LogP contribution in [0.15, 0.2) is 81.9 Å². The molecule has 0 radical (unpaired) electrons. The summed E-state index contributed by atoms with van der Waals surface area (Å²) in [5.74, 6) is 1.71. The Morgan fingerprint density at radius 1 is 1.02 bits per heavy atom. The van der Waals surface area contributed by atoms with Gasteiger partial charge in [-0.1, -0.05) is 41.9 Å². The van der Waals surface area contributed by atoms with Gasteiger partial charge >= 0.3 is 0 Å². The van der Waals surface area contributed by atoms with E-state index in [0.717, 1.165) is 58.6 Å². The molecule has 0 aliphatic carbocycles. The van der Waals surface area contributed by atoms with Crippen molar-refractivity contribution in [1.29, 1.82) is 5.26 Å². The van der Waals surface area contributed by atoms with Crippen LogP contribution in [0.25, 0.3) is 33.7 Å². The zero-order valence-electron chi connectivity index (χ0n) is 24.0. The molecule has 1 amide bonds. The fourth-order valence-corrected chi connectivity index (χ4v) is 5.66. The van der Waals surface area contributed by atoms with Gasteiger partial charge in [-0.3, -0.25) is 4.79 Å². The van der Waals surface area contributed by atoms with E-state index in [1.54, 1.807) is 18.2 Å². The predicted molar refractivity (Wildman–Crippen MR) is 171 cm³/mol. The molecule has 1 aliphatic heterocycles. The molecule has 1 fully saturated rings. The second-order valence-corrected chi connectivity index (χ2v) is 12.1. The van der Waals surface area contributed by atoms with Crippen LogP contribution in [-0.4, -0.2) is 40.5 Å². The Labute approximate surface area is 258 Å². The molecule has 3 heterocycles.